The Morgan fingerprint density at radius 1 is 1.36 bits per heavy atom. The zero-order valence-electron chi connectivity index (χ0n) is 22.9. The molecule has 4 N–H and O–H groups in total. The second kappa shape index (κ2) is 11.1. The molecule has 0 bridgehead atoms. The Hall–Kier alpha value is -2.80. The van der Waals surface area contributed by atoms with E-state index >= 15 is 0 Å². The molecule has 1 aromatic carbocycles. The van der Waals surface area contributed by atoms with Gasteiger partial charge in [0, 0.05) is 12.2 Å². The maximum Gasteiger partial charge on any atom is 0.459 e. The van der Waals surface area contributed by atoms with Gasteiger partial charge in [-0.05, 0) is 39.8 Å². The van der Waals surface area contributed by atoms with Gasteiger partial charge in [-0.3, -0.25) is 14.1 Å². The minimum absolute atomic E-state index is 0.0309. The van der Waals surface area contributed by atoms with Crippen LogP contribution in [-0.4, -0.2) is 62.2 Å². The monoisotopic (exact) mass is 530 g/mol. The van der Waals surface area contributed by atoms with Gasteiger partial charge in [0.25, 0.3) is 5.56 Å². The zero-order chi connectivity index (χ0) is 29.3. The molecule has 0 saturated carbocycles. The molecule has 1 aliphatic heterocycles. The van der Waals surface area contributed by atoms with Crippen molar-refractivity contribution >= 4 is 13.7 Å². The molecule has 1 aliphatic rings. The summed E-state index contributed by atoms with van der Waals surface area (Å²) in [5.74, 6) is -0.878. The molecule has 1 saturated heterocycles. The van der Waals surface area contributed by atoms with E-state index in [1.165, 1.54) is 31.2 Å². The van der Waals surface area contributed by atoms with Gasteiger partial charge in [-0.15, -0.1) is 0 Å². The molecule has 14 heteroatoms. The van der Waals surface area contributed by atoms with Crippen LogP contribution in [0.2, 0.25) is 0 Å². The Morgan fingerprint density at radius 3 is 2.67 bits per heavy atom. The molecule has 0 radical (unpaired) electrons. The summed E-state index contributed by atoms with van der Waals surface area (Å²) in [6.45, 7) is 2.20. The number of nitrogens with one attached hydrogen (secondary N) is 2. The van der Waals surface area contributed by atoms with Crippen molar-refractivity contribution in [2.45, 2.75) is 63.9 Å². The molecular formula is C22H30N3O10P. The Kier molecular flexibility index (Phi) is 7.26. The topological polar surface area (TPSA) is 178 Å². The van der Waals surface area contributed by atoms with Crippen LogP contribution in [0.3, 0.4) is 0 Å². The van der Waals surface area contributed by atoms with Crippen LogP contribution in [0, 0.1) is 0 Å². The Balaban J connectivity index is 1.96. The standard InChI is InChI=1S/C22H30N3O10P/c1-13(2)33-19(28)14(3)24-36(31,35-15-8-6-5-7-9-15)32-12-16-18(27)22(4,30)20(34-16)25-17(26)10-11-23-21(25)29/h5-11,13-14,16,18,20,27,30H,12H2,1-4H3,(H,23,29)(H,24,31)/t14-,16+,18+,20+,22+,36-/m0/s1/i10D,12D2. The summed E-state index contributed by atoms with van der Waals surface area (Å²) >= 11 is 0. The van der Waals surface area contributed by atoms with Gasteiger partial charge >= 0.3 is 19.4 Å². The lowest BCUT2D eigenvalue weighted by atomic mass is 9.96. The average Bonchev–Trinajstić information content (AvgIpc) is 3.06. The number of hydrogen-bond donors (Lipinski definition) is 4. The van der Waals surface area contributed by atoms with Crippen molar-refractivity contribution in [3.05, 3.63) is 63.4 Å². The third kappa shape index (κ3) is 6.30. The molecule has 0 unspecified atom stereocenters. The first kappa shape index (κ1) is 23.6. The van der Waals surface area contributed by atoms with E-state index in [0.717, 1.165) is 13.1 Å². The predicted molar refractivity (Wildman–Crippen MR) is 126 cm³/mol. The number of H-pyrrole nitrogens is 1. The number of aromatic nitrogens is 2. The van der Waals surface area contributed by atoms with Gasteiger partial charge in [0.2, 0.25) is 0 Å². The first-order chi connectivity index (χ1) is 18.0. The van der Waals surface area contributed by atoms with Crippen LogP contribution in [0.25, 0.3) is 0 Å². The smallest absolute Gasteiger partial charge is 0.459 e. The highest BCUT2D eigenvalue weighted by atomic mass is 31.2. The largest absolute Gasteiger partial charge is 0.462 e. The fraction of sp³-hybridized carbons (Fsp3) is 0.500. The lowest BCUT2D eigenvalue weighted by Gasteiger charge is -2.27. The summed E-state index contributed by atoms with van der Waals surface area (Å²) < 4.78 is 59.8. The van der Waals surface area contributed by atoms with E-state index in [4.69, 9.17) is 22.6 Å². The van der Waals surface area contributed by atoms with Gasteiger partial charge in [-0.1, -0.05) is 18.2 Å². The minimum atomic E-state index is -4.82. The van der Waals surface area contributed by atoms with Crippen molar-refractivity contribution in [2.24, 2.45) is 0 Å². The molecule has 0 spiro atoms. The van der Waals surface area contributed by atoms with Crippen LogP contribution in [0.5, 0.6) is 5.75 Å². The lowest BCUT2D eigenvalue weighted by Crippen LogP contribution is -2.49. The van der Waals surface area contributed by atoms with Gasteiger partial charge in [-0.25, -0.2) is 13.9 Å². The molecule has 36 heavy (non-hydrogen) atoms. The number of benzene rings is 1. The summed E-state index contributed by atoms with van der Waals surface area (Å²) in [6.07, 6.45) is -5.97. The van der Waals surface area contributed by atoms with E-state index in [-0.39, 0.29) is 5.75 Å². The summed E-state index contributed by atoms with van der Waals surface area (Å²) in [5, 5.41) is 24.0. The third-order valence-corrected chi connectivity index (χ3v) is 6.54. The van der Waals surface area contributed by atoms with Crippen LogP contribution >= 0.6 is 7.75 Å². The summed E-state index contributed by atoms with van der Waals surface area (Å²) in [7, 11) is -4.82. The van der Waals surface area contributed by atoms with E-state index in [2.05, 4.69) is 10.1 Å². The first-order valence-corrected chi connectivity index (χ1v) is 12.4. The molecule has 1 fully saturated rings. The van der Waals surface area contributed by atoms with Crippen molar-refractivity contribution in [1.29, 1.82) is 0 Å². The lowest BCUT2D eigenvalue weighted by molar-refractivity contribution is -0.149. The number of para-hydroxylation sites is 1. The maximum absolute atomic E-state index is 13.8. The van der Waals surface area contributed by atoms with Crippen LogP contribution in [-0.2, 0) is 23.4 Å². The number of rotatable bonds is 10. The van der Waals surface area contributed by atoms with Gasteiger partial charge in [0.1, 0.15) is 29.6 Å². The summed E-state index contributed by atoms with van der Waals surface area (Å²) in [5.41, 5.74) is -4.75. The Bertz CT molecular complexity index is 1350. The number of hydrogen-bond acceptors (Lipinski definition) is 10. The van der Waals surface area contributed by atoms with E-state index in [0.29, 0.717) is 4.57 Å². The Morgan fingerprint density at radius 2 is 2.03 bits per heavy atom. The number of esters is 1. The average molecular weight is 530 g/mol. The summed E-state index contributed by atoms with van der Waals surface area (Å²) in [6, 6.07) is 5.49. The number of carbonyl (C=O) groups excluding carboxylic acids is 1. The SMILES string of the molecule is [2H]c1c[nH]c(=O)n([C@@H]2O[C@H](C([2H])([2H])O[P@@](=O)(N[C@@H](C)C(=O)OC(C)C)Oc3ccccc3)[C@@H](O)[C@@]2(C)O)c1=O. The first-order valence-electron chi connectivity index (χ1n) is 12.4. The van der Waals surface area contributed by atoms with E-state index in [1.807, 2.05) is 0 Å². The van der Waals surface area contributed by atoms with Crippen LogP contribution < -0.4 is 20.9 Å². The molecule has 198 valence electrons. The number of nitrogens with zero attached hydrogens (tertiary/aromatic N) is 1. The predicted octanol–water partition coefficient (Wildman–Crippen LogP) is 0.679. The summed E-state index contributed by atoms with van der Waals surface area (Å²) in [4.78, 5) is 39.2. The molecular weight excluding hydrogens is 497 g/mol. The Labute approximate surface area is 210 Å². The number of aliphatic hydroxyl groups excluding tert-OH is 1. The number of aromatic amines is 1. The van der Waals surface area contributed by atoms with Crippen molar-refractivity contribution in [3.63, 3.8) is 0 Å². The normalized spacial score (nSPS) is 28.0. The number of carbonyl (C=O) groups is 1. The molecule has 2 heterocycles. The fourth-order valence-electron chi connectivity index (χ4n) is 3.26. The van der Waals surface area contributed by atoms with Crippen molar-refractivity contribution in [2.75, 3.05) is 6.56 Å². The van der Waals surface area contributed by atoms with Crippen LogP contribution in [0.1, 0.15) is 38.0 Å². The molecule has 0 aliphatic carbocycles. The second-order valence-electron chi connectivity index (χ2n) is 8.44. The van der Waals surface area contributed by atoms with Crippen molar-refractivity contribution in [1.82, 2.24) is 14.6 Å². The highest BCUT2D eigenvalue weighted by Gasteiger charge is 2.54. The molecule has 3 rings (SSSR count). The maximum atomic E-state index is 13.8. The molecule has 1 aromatic heterocycles. The number of ether oxygens (including phenoxy) is 2. The van der Waals surface area contributed by atoms with Crippen LogP contribution in [0.15, 0.2) is 52.2 Å². The van der Waals surface area contributed by atoms with E-state index in [1.54, 1.807) is 19.9 Å². The quantitative estimate of drug-likeness (QED) is 0.251. The number of aliphatic hydroxyl groups is 2. The molecule has 2 aromatic rings. The van der Waals surface area contributed by atoms with E-state index in [9.17, 15) is 29.2 Å². The second-order valence-corrected chi connectivity index (χ2v) is 10.1. The fourth-order valence-corrected chi connectivity index (χ4v) is 4.62. The van der Waals surface area contributed by atoms with Gasteiger partial charge < -0.3 is 29.2 Å². The third-order valence-electron chi connectivity index (χ3n) is 5.04. The molecule has 0 amide bonds. The highest BCUT2D eigenvalue weighted by molar-refractivity contribution is 7.52. The molecule has 13 nitrogen and oxygen atoms in total. The highest BCUT2D eigenvalue weighted by Crippen LogP contribution is 2.46. The van der Waals surface area contributed by atoms with Gasteiger partial charge in [0.05, 0.1) is 16.8 Å². The van der Waals surface area contributed by atoms with Crippen LogP contribution in [0.4, 0.5) is 0 Å². The van der Waals surface area contributed by atoms with Crippen molar-refractivity contribution in [3.8, 4) is 5.75 Å². The molecule has 6 atom stereocenters. The van der Waals surface area contributed by atoms with E-state index < -0.39 is 73.7 Å². The minimum Gasteiger partial charge on any atom is -0.462 e. The van der Waals surface area contributed by atoms with Gasteiger partial charge in [-0.2, -0.15) is 5.09 Å². The van der Waals surface area contributed by atoms with Gasteiger partial charge in [0.15, 0.2) is 6.23 Å². The zero-order valence-corrected chi connectivity index (χ0v) is 20.8. The van der Waals surface area contributed by atoms with Crippen molar-refractivity contribution < 1.29 is 42.2 Å².